The lowest BCUT2D eigenvalue weighted by atomic mass is 9.93. The largest absolute Gasteiger partial charge is 0.285 e. The topological polar surface area (TPSA) is 52.0 Å². The number of benzene rings is 1. The predicted molar refractivity (Wildman–Crippen MR) is 61.4 cm³/mol. The molecule has 0 aliphatic heterocycles. The highest BCUT2D eigenvalue weighted by Crippen LogP contribution is 2.25. The third-order valence-electron chi connectivity index (χ3n) is 2.69. The zero-order valence-electron chi connectivity index (χ0n) is 8.83. The number of carbonyl (C=O) groups is 2. The Hall–Kier alpha value is -2.49. The maximum absolute atomic E-state index is 11.7. The Morgan fingerprint density at radius 2 is 1.76 bits per heavy atom. The van der Waals surface area contributed by atoms with Crippen molar-refractivity contribution in [3.05, 3.63) is 59.9 Å². The fraction of sp³-hybridized carbons (Fsp3) is 0. The van der Waals surface area contributed by atoms with Gasteiger partial charge in [-0.1, -0.05) is 24.3 Å². The third kappa shape index (κ3) is 1.42. The number of nitrogens with zero attached hydrogens (tertiary/aromatic N) is 2. The van der Waals surface area contributed by atoms with E-state index >= 15 is 0 Å². The Labute approximate surface area is 97.2 Å². The zero-order chi connectivity index (χ0) is 11.8. The molecule has 0 spiro atoms. The van der Waals surface area contributed by atoms with Crippen LogP contribution in [0.1, 0.15) is 15.9 Å². The molecule has 0 radical (unpaired) electrons. The van der Waals surface area contributed by atoms with E-state index in [1.54, 1.807) is 35.3 Å². The molecule has 0 fully saturated rings. The molecule has 2 aromatic rings. The molecule has 3 rings (SSSR count). The standard InChI is InChI=1S/C13H8N2O2/c16-12-8-11(15-7-3-6-14-15)9-4-1-2-5-10(9)13(12)17/h1-8H. The summed E-state index contributed by atoms with van der Waals surface area (Å²) in [6, 6.07) is 8.82. The number of fused-ring (bicyclic) bond motifs is 1. The minimum atomic E-state index is -0.505. The van der Waals surface area contributed by atoms with Gasteiger partial charge in [-0.2, -0.15) is 5.10 Å². The van der Waals surface area contributed by atoms with Gasteiger partial charge in [-0.3, -0.25) is 9.59 Å². The molecular formula is C13H8N2O2. The van der Waals surface area contributed by atoms with Crippen LogP contribution in [0.5, 0.6) is 0 Å². The van der Waals surface area contributed by atoms with E-state index in [0.29, 0.717) is 11.3 Å². The maximum atomic E-state index is 11.7. The van der Waals surface area contributed by atoms with Crippen molar-refractivity contribution >= 4 is 17.3 Å². The van der Waals surface area contributed by atoms with Crippen molar-refractivity contribution in [3.63, 3.8) is 0 Å². The first kappa shape index (κ1) is 9.72. The smallest absolute Gasteiger partial charge is 0.233 e. The van der Waals surface area contributed by atoms with E-state index < -0.39 is 11.6 Å². The van der Waals surface area contributed by atoms with Gasteiger partial charge in [-0.25, -0.2) is 4.68 Å². The summed E-state index contributed by atoms with van der Waals surface area (Å²) >= 11 is 0. The third-order valence-corrected chi connectivity index (χ3v) is 2.69. The number of aromatic nitrogens is 2. The van der Waals surface area contributed by atoms with Crippen molar-refractivity contribution < 1.29 is 9.59 Å². The second-order valence-corrected chi connectivity index (χ2v) is 3.72. The average molecular weight is 224 g/mol. The molecule has 0 N–H and O–H groups in total. The van der Waals surface area contributed by atoms with Gasteiger partial charge < -0.3 is 0 Å². The summed E-state index contributed by atoms with van der Waals surface area (Å²) in [7, 11) is 0. The molecule has 0 unspecified atom stereocenters. The van der Waals surface area contributed by atoms with Gasteiger partial charge in [0.1, 0.15) is 0 Å². The second kappa shape index (κ2) is 3.52. The van der Waals surface area contributed by atoms with Crippen molar-refractivity contribution in [3.8, 4) is 0 Å². The number of carbonyl (C=O) groups excluding carboxylic acids is 2. The molecule has 0 amide bonds. The molecule has 0 saturated carbocycles. The van der Waals surface area contributed by atoms with Crippen LogP contribution in [0.25, 0.3) is 5.70 Å². The van der Waals surface area contributed by atoms with Crippen LogP contribution in [0.15, 0.2) is 48.8 Å². The SMILES string of the molecule is O=C1C=C(n2cccn2)c2ccccc2C1=O. The van der Waals surface area contributed by atoms with E-state index in [2.05, 4.69) is 5.10 Å². The van der Waals surface area contributed by atoms with E-state index in [9.17, 15) is 9.59 Å². The van der Waals surface area contributed by atoms with Crippen LogP contribution >= 0.6 is 0 Å². The van der Waals surface area contributed by atoms with E-state index in [-0.39, 0.29) is 0 Å². The Balaban J connectivity index is 2.26. The van der Waals surface area contributed by atoms with Crippen molar-refractivity contribution in [2.75, 3.05) is 0 Å². The first-order chi connectivity index (χ1) is 8.27. The molecule has 4 nitrogen and oxygen atoms in total. The van der Waals surface area contributed by atoms with Crippen LogP contribution in [0, 0.1) is 0 Å². The van der Waals surface area contributed by atoms with Crippen LogP contribution < -0.4 is 0 Å². The number of hydrogen-bond donors (Lipinski definition) is 0. The molecular weight excluding hydrogens is 216 g/mol. The highest BCUT2D eigenvalue weighted by atomic mass is 16.2. The molecule has 1 aromatic carbocycles. The fourth-order valence-corrected chi connectivity index (χ4v) is 1.91. The minimum Gasteiger partial charge on any atom is -0.285 e. The van der Waals surface area contributed by atoms with E-state index in [1.165, 1.54) is 6.08 Å². The molecule has 17 heavy (non-hydrogen) atoms. The summed E-state index contributed by atoms with van der Waals surface area (Å²) in [6.07, 6.45) is 4.70. The summed E-state index contributed by atoms with van der Waals surface area (Å²) in [4.78, 5) is 23.3. The summed E-state index contributed by atoms with van der Waals surface area (Å²) < 4.78 is 1.59. The van der Waals surface area contributed by atoms with Crippen LogP contribution in [-0.2, 0) is 4.79 Å². The van der Waals surface area contributed by atoms with Gasteiger partial charge in [0, 0.05) is 29.6 Å². The van der Waals surface area contributed by atoms with Gasteiger partial charge in [0.2, 0.25) is 11.6 Å². The Morgan fingerprint density at radius 3 is 2.47 bits per heavy atom. The number of hydrogen-bond acceptors (Lipinski definition) is 3. The minimum absolute atomic E-state index is 0.436. The summed E-state index contributed by atoms with van der Waals surface area (Å²) in [5.41, 5.74) is 1.81. The quantitative estimate of drug-likeness (QED) is 0.690. The van der Waals surface area contributed by atoms with Crippen molar-refractivity contribution in [2.24, 2.45) is 0 Å². The normalized spacial score (nSPS) is 14.5. The summed E-state index contributed by atoms with van der Waals surface area (Å²) in [5.74, 6) is -0.967. The first-order valence-electron chi connectivity index (χ1n) is 5.17. The lowest BCUT2D eigenvalue weighted by molar-refractivity contribution is -0.111. The Bertz CT molecular complexity index is 639. The maximum Gasteiger partial charge on any atom is 0.233 e. The van der Waals surface area contributed by atoms with Crippen LogP contribution in [0.2, 0.25) is 0 Å². The molecule has 1 aromatic heterocycles. The Kier molecular flexibility index (Phi) is 2.01. The van der Waals surface area contributed by atoms with Crippen LogP contribution in [0.3, 0.4) is 0 Å². The highest BCUT2D eigenvalue weighted by molar-refractivity contribution is 6.50. The number of Topliss-reactive ketones (excluding diaryl/α,β-unsaturated/α-hetero) is 1. The zero-order valence-corrected chi connectivity index (χ0v) is 8.83. The monoisotopic (exact) mass is 224 g/mol. The van der Waals surface area contributed by atoms with Gasteiger partial charge in [-0.05, 0) is 6.07 Å². The fourth-order valence-electron chi connectivity index (χ4n) is 1.91. The van der Waals surface area contributed by atoms with Gasteiger partial charge >= 0.3 is 0 Å². The van der Waals surface area contributed by atoms with Crippen molar-refractivity contribution in [2.45, 2.75) is 0 Å². The molecule has 1 aliphatic carbocycles. The molecule has 1 heterocycles. The van der Waals surface area contributed by atoms with Crippen LogP contribution in [-0.4, -0.2) is 21.3 Å². The van der Waals surface area contributed by atoms with E-state index in [4.69, 9.17) is 0 Å². The molecule has 4 heteroatoms. The predicted octanol–water partition coefficient (Wildman–Crippen LogP) is 1.54. The number of ketones is 2. The van der Waals surface area contributed by atoms with Gasteiger partial charge in [-0.15, -0.1) is 0 Å². The average Bonchev–Trinajstić information content (AvgIpc) is 2.87. The number of allylic oxidation sites excluding steroid dienone is 1. The molecule has 0 saturated heterocycles. The number of rotatable bonds is 1. The van der Waals surface area contributed by atoms with Crippen LogP contribution in [0.4, 0.5) is 0 Å². The second-order valence-electron chi connectivity index (χ2n) is 3.72. The Morgan fingerprint density at radius 1 is 1.00 bits per heavy atom. The van der Waals surface area contributed by atoms with Crippen molar-refractivity contribution in [1.29, 1.82) is 0 Å². The molecule has 0 bridgehead atoms. The van der Waals surface area contributed by atoms with Gasteiger partial charge in [0.05, 0.1) is 5.70 Å². The first-order valence-corrected chi connectivity index (χ1v) is 5.17. The lowest BCUT2D eigenvalue weighted by Gasteiger charge is -2.15. The summed E-state index contributed by atoms with van der Waals surface area (Å²) in [5, 5.41) is 4.08. The molecule has 82 valence electrons. The summed E-state index contributed by atoms with van der Waals surface area (Å²) in [6.45, 7) is 0. The molecule has 1 aliphatic rings. The van der Waals surface area contributed by atoms with E-state index in [1.807, 2.05) is 12.1 Å². The lowest BCUT2D eigenvalue weighted by Crippen LogP contribution is -2.20. The highest BCUT2D eigenvalue weighted by Gasteiger charge is 2.26. The van der Waals surface area contributed by atoms with Crippen molar-refractivity contribution in [1.82, 2.24) is 9.78 Å². The van der Waals surface area contributed by atoms with Gasteiger partial charge in [0.25, 0.3) is 0 Å². The molecule has 0 atom stereocenters. The van der Waals surface area contributed by atoms with Gasteiger partial charge in [0.15, 0.2) is 0 Å². The van der Waals surface area contributed by atoms with E-state index in [0.717, 1.165) is 5.56 Å².